The normalized spacial score (nSPS) is 10.2. The SMILES string of the molecule is Cc1ccc(NC(=O)C(=O)NCCc2ccccc2F)cc1C. The van der Waals surface area contributed by atoms with Crippen LogP contribution in [0.1, 0.15) is 16.7 Å². The Bertz CT molecular complexity index is 729. The van der Waals surface area contributed by atoms with Crippen LogP contribution in [0, 0.1) is 19.7 Å². The number of benzene rings is 2. The van der Waals surface area contributed by atoms with Crippen LogP contribution in [-0.4, -0.2) is 18.4 Å². The minimum atomic E-state index is -0.737. The third-order valence-corrected chi connectivity index (χ3v) is 3.61. The minimum absolute atomic E-state index is 0.195. The summed E-state index contributed by atoms with van der Waals surface area (Å²) in [7, 11) is 0. The van der Waals surface area contributed by atoms with Gasteiger partial charge in [0.15, 0.2) is 0 Å². The predicted molar refractivity (Wildman–Crippen MR) is 87.7 cm³/mol. The first kappa shape index (κ1) is 16.7. The zero-order valence-electron chi connectivity index (χ0n) is 13.2. The first-order valence-corrected chi connectivity index (χ1v) is 7.37. The van der Waals surface area contributed by atoms with Crippen molar-refractivity contribution in [2.75, 3.05) is 11.9 Å². The van der Waals surface area contributed by atoms with Crippen LogP contribution in [-0.2, 0) is 16.0 Å². The van der Waals surface area contributed by atoms with Gasteiger partial charge in [0.1, 0.15) is 5.82 Å². The highest BCUT2D eigenvalue weighted by molar-refractivity contribution is 6.39. The summed E-state index contributed by atoms with van der Waals surface area (Å²) in [4.78, 5) is 23.6. The van der Waals surface area contributed by atoms with Crippen LogP contribution in [0.3, 0.4) is 0 Å². The van der Waals surface area contributed by atoms with Crippen molar-refractivity contribution in [1.82, 2.24) is 5.32 Å². The molecule has 0 atom stereocenters. The summed E-state index contributed by atoms with van der Waals surface area (Å²) in [6, 6.07) is 11.8. The maximum atomic E-state index is 13.4. The molecule has 2 aromatic rings. The third-order valence-electron chi connectivity index (χ3n) is 3.61. The molecule has 2 amide bonds. The lowest BCUT2D eigenvalue weighted by molar-refractivity contribution is -0.136. The molecule has 0 unspecified atom stereocenters. The summed E-state index contributed by atoms with van der Waals surface area (Å²) in [6.07, 6.45) is 0.329. The second kappa shape index (κ2) is 7.54. The third kappa shape index (κ3) is 4.64. The fourth-order valence-electron chi connectivity index (χ4n) is 2.10. The van der Waals surface area contributed by atoms with E-state index in [-0.39, 0.29) is 12.4 Å². The summed E-state index contributed by atoms with van der Waals surface area (Å²) in [6.45, 7) is 4.09. The van der Waals surface area contributed by atoms with Gasteiger partial charge in [-0.1, -0.05) is 24.3 Å². The molecule has 2 aromatic carbocycles. The molecule has 0 saturated heterocycles. The molecular formula is C18H19FN2O2. The summed E-state index contributed by atoms with van der Waals surface area (Å²) in [5, 5.41) is 5.03. The highest BCUT2D eigenvalue weighted by atomic mass is 19.1. The van der Waals surface area contributed by atoms with Crippen molar-refractivity contribution in [3.8, 4) is 0 Å². The van der Waals surface area contributed by atoms with E-state index in [1.807, 2.05) is 19.9 Å². The topological polar surface area (TPSA) is 58.2 Å². The summed E-state index contributed by atoms with van der Waals surface area (Å²) >= 11 is 0. The van der Waals surface area contributed by atoms with Gasteiger partial charge in [0.25, 0.3) is 0 Å². The van der Waals surface area contributed by atoms with E-state index in [1.54, 1.807) is 30.3 Å². The van der Waals surface area contributed by atoms with Crippen LogP contribution in [0.4, 0.5) is 10.1 Å². The Hall–Kier alpha value is -2.69. The summed E-state index contributed by atoms with van der Waals surface area (Å²) in [5.41, 5.74) is 3.21. The number of carbonyl (C=O) groups excluding carboxylic acids is 2. The minimum Gasteiger partial charge on any atom is -0.347 e. The highest BCUT2D eigenvalue weighted by Gasteiger charge is 2.13. The standard InChI is InChI=1S/C18H19FN2O2/c1-12-7-8-15(11-13(12)2)21-18(23)17(22)20-10-9-14-5-3-4-6-16(14)19/h3-8,11H,9-10H2,1-2H3,(H,20,22)(H,21,23). The van der Waals surface area contributed by atoms with Gasteiger partial charge in [0.05, 0.1) is 0 Å². The van der Waals surface area contributed by atoms with Crippen molar-refractivity contribution >= 4 is 17.5 Å². The van der Waals surface area contributed by atoms with Gasteiger partial charge < -0.3 is 10.6 Å². The lowest BCUT2D eigenvalue weighted by Gasteiger charge is -2.08. The van der Waals surface area contributed by atoms with E-state index in [9.17, 15) is 14.0 Å². The van der Waals surface area contributed by atoms with Crippen LogP contribution < -0.4 is 10.6 Å². The van der Waals surface area contributed by atoms with E-state index in [0.29, 0.717) is 17.7 Å². The Morgan fingerprint density at radius 3 is 2.43 bits per heavy atom. The zero-order chi connectivity index (χ0) is 16.8. The van der Waals surface area contributed by atoms with Crippen LogP contribution in [0.2, 0.25) is 0 Å². The number of amides is 2. The fourth-order valence-corrected chi connectivity index (χ4v) is 2.10. The molecule has 5 heteroatoms. The van der Waals surface area contributed by atoms with Gasteiger partial charge in [0, 0.05) is 12.2 Å². The second-order valence-electron chi connectivity index (χ2n) is 5.35. The monoisotopic (exact) mass is 314 g/mol. The molecule has 0 aliphatic heterocycles. The maximum absolute atomic E-state index is 13.4. The van der Waals surface area contributed by atoms with Gasteiger partial charge in [-0.25, -0.2) is 4.39 Å². The first-order chi connectivity index (χ1) is 11.0. The maximum Gasteiger partial charge on any atom is 0.313 e. The summed E-state index contributed by atoms with van der Waals surface area (Å²) in [5.74, 6) is -1.79. The molecule has 0 aliphatic carbocycles. The number of anilines is 1. The lowest BCUT2D eigenvalue weighted by atomic mass is 10.1. The quantitative estimate of drug-likeness (QED) is 0.853. The Labute approximate surface area is 134 Å². The average Bonchev–Trinajstić information content (AvgIpc) is 2.52. The Balaban J connectivity index is 1.84. The van der Waals surface area contributed by atoms with E-state index < -0.39 is 11.8 Å². The molecule has 120 valence electrons. The van der Waals surface area contributed by atoms with Gasteiger partial charge in [-0.3, -0.25) is 9.59 Å². The molecule has 4 nitrogen and oxygen atoms in total. The molecule has 0 aromatic heterocycles. The van der Waals surface area contributed by atoms with Gasteiger partial charge in [-0.2, -0.15) is 0 Å². The molecule has 23 heavy (non-hydrogen) atoms. The van der Waals surface area contributed by atoms with Crippen molar-refractivity contribution in [3.05, 3.63) is 65.0 Å². The molecule has 0 heterocycles. The molecule has 0 bridgehead atoms. The van der Waals surface area contributed by atoms with Gasteiger partial charge >= 0.3 is 11.8 Å². The van der Waals surface area contributed by atoms with Crippen LogP contribution >= 0.6 is 0 Å². The van der Waals surface area contributed by atoms with Crippen LogP contribution in [0.5, 0.6) is 0 Å². The van der Waals surface area contributed by atoms with Crippen LogP contribution in [0.15, 0.2) is 42.5 Å². The Morgan fingerprint density at radius 2 is 1.74 bits per heavy atom. The van der Waals surface area contributed by atoms with E-state index in [0.717, 1.165) is 11.1 Å². The molecule has 2 rings (SSSR count). The number of halogens is 1. The molecular weight excluding hydrogens is 295 g/mol. The smallest absolute Gasteiger partial charge is 0.313 e. The fraction of sp³-hybridized carbons (Fsp3) is 0.222. The van der Waals surface area contributed by atoms with E-state index >= 15 is 0 Å². The van der Waals surface area contributed by atoms with E-state index in [2.05, 4.69) is 10.6 Å². The number of rotatable bonds is 4. The number of carbonyl (C=O) groups is 2. The first-order valence-electron chi connectivity index (χ1n) is 7.37. The summed E-state index contributed by atoms with van der Waals surface area (Å²) < 4.78 is 13.4. The zero-order valence-corrected chi connectivity index (χ0v) is 13.2. The van der Waals surface area contributed by atoms with Crippen molar-refractivity contribution in [2.24, 2.45) is 0 Å². The van der Waals surface area contributed by atoms with Gasteiger partial charge in [-0.15, -0.1) is 0 Å². The average molecular weight is 314 g/mol. The lowest BCUT2D eigenvalue weighted by Crippen LogP contribution is -2.36. The number of hydrogen-bond donors (Lipinski definition) is 2. The molecule has 0 fully saturated rings. The van der Waals surface area contributed by atoms with E-state index in [1.165, 1.54) is 6.07 Å². The second-order valence-corrected chi connectivity index (χ2v) is 5.35. The van der Waals surface area contributed by atoms with Crippen molar-refractivity contribution in [1.29, 1.82) is 0 Å². The molecule has 0 spiro atoms. The van der Waals surface area contributed by atoms with Gasteiger partial charge in [0.2, 0.25) is 0 Å². The Kier molecular flexibility index (Phi) is 5.46. The Morgan fingerprint density at radius 1 is 1.00 bits per heavy atom. The predicted octanol–water partition coefficient (Wildman–Crippen LogP) is 2.74. The van der Waals surface area contributed by atoms with Gasteiger partial charge in [-0.05, 0) is 55.2 Å². The molecule has 0 saturated carbocycles. The van der Waals surface area contributed by atoms with E-state index in [4.69, 9.17) is 0 Å². The molecule has 2 N–H and O–H groups in total. The molecule has 0 radical (unpaired) electrons. The molecule has 0 aliphatic rings. The number of aryl methyl sites for hydroxylation is 2. The number of nitrogens with one attached hydrogen (secondary N) is 2. The van der Waals surface area contributed by atoms with Crippen molar-refractivity contribution < 1.29 is 14.0 Å². The number of hydrogen-bond acceptors (Lipinski definition) is 2. The highest BCUT2D eigenvalue weighted by Crippen LogP contribution is 2.14. The largest absolute Gasteiger partial charge is 0.347 e. The van der Waals surface area contributed by atoms with Crippen LogP contribution in [0.25, 0.3) is 0 Å². The van der Waals surface area contributed by atoms with Crippen molar-refractivity contribution in [2.45, 2.75) is 20.3 Å². The van der Waals surface area contributed by atoms with Crippen molar-refractivity contribution in [3.63, 3.8) is 0 Å².